The normalized spacial score (nSPS) is 10.3. The summed E-state index contributed by atoms with van der Waals surface area (Å²) in [5.41, 5.74) is 1.08. The molecular formula is C13H13ClN2O2. The molecule has 0 aliphatic carbocycles. The van der Waals surface area contributed by atoms with Crippen LogP contribution in [0.4, 0.5) is 5.69 Å². The van der Waals surface area contributed by atoms with Crippen LogP contribution in [-0.2, 0) is 6.54 Å². The van der Waals surface area contributed by atoms with Crippen LogP contribution in [0.15, 0.2) is 36.5 Å². The van der Waals surface area contributed by atoms with Gasteiger partial charge in [-0.25, -0.2) is 0 Å². The maximum absolute atomic E-state index is 12.0. The van der Waals surface area contributed by atoms with Gasteiger partial charge in [-0.3, -0.25) is 4.79 Å². The summed E-state index contributed by atoms with van der Waals surface area (Å²) in [5, 5.41) is 12.4. The van der Waals surface area contributed by atoms with Crippen molar-refractivity contribution in [2.24, 2.45) is 0 Å². The number of rotatable bonds is 3. The SMILES string of the molecule is CCn1cccc1C(=O)Nc1ccc(Cl)c(O)c1. The minimum Gasteiger partial charge on any atom is -0.506 e. The fraction of sp³-hybridized carbons (Fsp3) is 0.154. The number of carbonyl (C=O) groups is 1. The topological polar surface area (TPSA) is 54.3 Å². The molecule has 0 radical (unpaired) electrons. The van der Waals surface area contributed by atoms with Crippen molar-refractivity contribution in [1.82, 2.24) is 4.57 Å². The van der Waals surface area contributed by atoms with E-state index in [1.165, 1.54) is 12.1 Å². The molecule has 0 unspecified atom stereocenters. The van der Waals surface area contributed by atoms with Crippen LogP contribution in [0.1, 0.15) is 17.4 Å². The highest BCUT2D eigenvalue weighted by Gasteiger charge is 2.10. The van der Waals surface area contributed by atoms with E-state index in [1.54, 1.807) is 12.1 Å². The lowest BCUT2D eigenvalue weighted by Gasteiger charge is -2.08. The third-order valence-electron chi connectivity index (χ3n) is 2.61. The summed E-state index contributed by atoms with van der Waals surface area (Å²) in [6.45, 7) is 2.69. The van der Waals surface area contributed by atoms with Crippen LogP contribution in [-0.4, -0.2) is 15.6 Å². The lowest BCUT2D eigenvalue weighted by Crippen LogP contribution is -2.16. The van der Waals surface area contributed by atoms with Crippen LogP contribution in [0.5, 0.6) is 5.75 Å². The van der Waals surface area contributed by atoms with E-state index in [0.29, 0.717) is 11.4 Å². The van der Waals surface area contributed by atoms with Gasteiger partial charge in [0.2, 0.25) is 0 Å². The van der Waals surface area contributed by atoms with E-state index in [2.05, 4.69) is 5.32 Å². The Kier molecular flexibility index (Phi) is 3.58. The van der Waals surface area contributed by atoms with Gasteiger partial charge in [0.25, 0.3) is 5.91 Å². The summed E-state index contributed by atoms with van der Waals surface area (Å²) in [5.74, 6) is -0.274. The number of nitrogens with one attached hydrogen (secondary N) is 1. The fourth-order valence-electron chi connectivity index (χ4n) is 1.68. The molecule has 2 rings (SSSR count). The van der Waals surface area contributed by atoms with E-state index >= 15 is 0 Å². The number of aromatic nitrogens is 1. The third kappa shape index (κ3) is 2.49. The first kappa shape index (κ1) is 12.5. The van der Waals surface area contributed by atoms with Crippen LogP contribution in [0, 0.1) is 0 Å². The maximum atomic E-state index is 12.0. The Morgan fingerprint density at radius 2 is 2.22 bits per heavy atom. The summed E-state index contributed by atoms with van der Waals surface area (Å²) in [7, 11) is 0. The number of benzene rings is 1. The van der Waals surface area contributed by atoms with Crippen molar-refractivity contribution in [3.63, 3.8) is 0 Å². The number of hydrogen-bond acceptors (Lipinski definition) is 2. The lowest BCUT2D eigenvalue weighted by atomic mass is 10.3. The van der Waals surface area contributed by atoms with Crippen molar-refractivity contribution < 1.29 is 9.90 Å². The van der Waals surface area contributed by atoms with Crippen LogP contribution >= 0.6 is 11.6 Å². The van der Waals surface area contributed by atoms with Gasteiger partial charge in [-0.2, -0.15) is 0 Å². The largest absolute Gasteiger partial charge is 0.506 e. The standard InChI is InChI=1S/C13H13ClN2O2/c1-2-16-7-3-4-11(16)13(18)15-9-5-6-10(14)12(17)8-9/h3-8,17H,2H2,1H3,(H,15,18). The molecule has 94 valence electrons. The smallest absolute Gasteiger partial charge is 0.272 e. The van der Waals surface area contributed by atoms with E-state index in [-0.39, 0.29) is 16.7 Å². The molecular weight excluding hydrogens is 252 g/mol. The highest BCUT2D eigenvalue weighted by molar-refractivity contribution is 6.32. The van der Waals surface area contributed by atoms with E-state index in [4.69, 9.17) is 11.6 Å². The highest BCUT2D eigenvalue weighted by Crippen LogP contribution is 2.26. The highest BCUT2D eigenvalue weighted by atomic mass is 35.5. The first-order valence-electron chi connectivity index (χ1n) is 5.57. The molecule has 1 amide bonds. The second-order valence-corrected chi connectivity index (χ2v) is 4.21. The maximum Gasteiger partial charge on any atom is 0.272 e. The number of aryl methyl sites for hydroxylation is 1. The average molecular weight is 265 g/mol. The van der Waals surface area contributed by atoms with Crippen LogP contribution in [0.2, 0.25) is 5.02 Å². The minimum absolute atomic E-state index is 0.0552. The number of phenols is 1. The second kappa shape index (κ2) is 5.14. The van der Waals surface area contributed by atoms with Gasteiger partial charge in [0.1, 0.15) is 11.4 Å². The molecule has 0 bridgehead atoms. The van der Waals surface area contributed by atoms with Crippen molar-refractivity contribution >= 4 is 23.2 Å². The molecule has 4 nitrogen and oxygen atoms in total. The van der Waals surface area contributed by atoms with Gasteiger partial charge in [0.05, 0.1) is 5.02 Å². The molecule has 0 atom stereocenters. The number of carbonyl (C=O) groups excluding carboxylic acids is 1. The molecule has 1 heterocycles. The van der Waals surface area contributed by atoms with Gasteiger partial charge in [0, 0.05) is 24.5 Å². The van der Waals surface area contributed by atoms with Gasteiger partial charge in [-0.15, -0.1) is 0 Å². The number of anilines is 1. The minimum atomic E-state index is -0.219. The number of hydrogen-bond donors (Lipinski definition) is 2. The summed E-state index contributed by atoms with van der Waals surface area (Å²) in [6.07, 6.45) is 1.84. The van der Waals surface area contributed by atoms with Crippen LogP contribution in [0.25, 0.3) is 0 Å². The van der Waals surface area contributed by atoms with Gasteiger partial charge in [-0.1, -0.05) is 11.6 Å². The van der Waals surface area contributed by atoms with Crippen molar-refractivity contribution in [3.05, 3.63) is 47.2 Å². The molecule has 18 heavy (non-hydrogen) atoms. The fourth-order valence-corrected chi connectivity index (χ4v) is 1.80. The van der Waals surface area contributed by atoms with Gasteiger partial charge in [0.15, 0.2) is 0 Å². The molecule has 0 spiro atoms. The monoisotopic (exact) mass is 264 g/mol. The van der Waals surface area contributed by atoms with Crippen molar-refractivity contribution in [2.45, 2.75) is 13.5 Å². The molecule has 0 fully saturated rings. The Balaban J connectivity index is 2.19. The Labute approximate surface area is 110 Å². The Morgan fingerprint density at radius 3 is 2.89 bits per heavy atom. The zero-order valence-corrected chi connectivity index (χ0v) is 10.6. The Hall–Kier alpha value is -1.94. The predicted octanol–water partition coefficient (Wildman–Crippen LogP) is 3.12. The third-order valence-corrected chi connectivity index (χ3v) is 2.93. The molecule has 2 aromatic rings. The zero-order valence-electron chi connectivity index (χ0n) is 9.85. The lowest BCUT2D eigenvalue weighted by molar-refractivity contribution is 0.101. The van der Waals surface area contributed by atoms with Gasteiger partial charge >= 0.3 is 0 Å². The van der Waals surface area contributed by atoms with Crippen molar-refractivity contribution in [2.75, 3.05) is 5.32 Å². The van der Waals surface area contributed by atoms with E-state index < -0.39 is 0 Å². The van der Waals surface area contributed by atoms with Crippen molar-refractivity contribution in [3.8, 4) is 5.75 Å². The van der Waals surface area contributed by atoms with E-state index in [1.807, 2.05) is 23.8 Å². The van der Waals surface area contributed by atoms with Gasteiger partial charge in [-0.05, 0) is 31.2 Å². The Bertz CT molecular complexity index is 578. The first-order valence-corrected chi connectivity index (χ1v) is 5.94. The zero-order chi connectivity index (χ0) is 13.1. The molecule has 1 aromatic carbocycles. The second-order valence-electron chi connectivity index (χ2n) is 3.80. The number of amides is 1. The number of nitrogens with zero attached hydrogens (tertiary/aromatic N) is 1. The molecule has 0 aliphatic heterocycles. The van der Waals surface area contributed by atoms with Gasteiger partial charge < -0.3 is 15.0 Å². The summed E-state index contributed by atoms with van der Waals surface area (Å²) >= 11 is 5.70. The van der Waals surface area contributed by atoms with Crippen LogP contribution in [0.3, 0.4) is 0 Å². The molecule has 0 saturated carbocycles. The first-order chi connectivity index (χ1) is 8.61. The number of halogens is 1. The molecule has 0 aliphatic rings. The summed E-state index contributed by atoms with van der Waals surface area (Å²) in [4.78, 5) is 12.0. The molecule has 5 heteroatoms. The molecule has 1 aromatic heterocycles. The predicted molar refractivity (Wildman–Crippen MR) is 71.2 cm³/mol. The number of aromatic hydroxyl groups is 1. The summed E-state index contributed by atoms with van der Waals surface area (Å²) < 4.78 is 1.84. The quantitative estimate of drug-likeness (QED) is 0.895. The summed E-state index contributed by atoms with van der Waals surface area (Å²) in [6, 6.07) is 8.15. The van der Waals surface area contributed by atoms with E-state index in [9.17, 15) is 9.90 Å². The average Bonchev–Trinajstić information content (AvgIpc) is 2.82. The van der Waals surface area contributed by atoms with E-state index in [0.717, 1.165) is 6.54 Å². The van der Waals surface area contributed by atoms with Crippen molar-refractivity contribution in [1.29, 1.82) is 0 Å². The molecule has 2 N–H and O–H groups in total. The molecule has 0 saturated heterocycles. The van der Waals surface area contributed by atoms with Crippen LogP contribution < -0.4 is 5.32 Å². The Morgan fingerprint density at radius 1 is 1.44 bits per heavy atom. The number of phenolic OH excluding ortho intramolecular Hbond substituents is 1.